The smallest absolute Gasteiger partial charge is 0.425 e. The molecular formula is C36H45F3O4. The first-order chi connectivity index (χ1) is 20.8. The number of rotatable bonds is 19. The van der Waals surface area contributed by atoms with Crippen molar-refractivity contribution in [2.24, 2.45) is 0 Å². The molecule has 0 bridgehead atoms. The van der Waals surface area contributed by atoms with Crippen molar-refractivity contribution in [2.45, 2.75) is 103 Å². The van der Waals surface area contributed by atoms with Gasteiger partial charge in [0.1, 0.15) is 18.1 Å². The molecule has 0 aliphatic carbocycles. The first kappa shape index (κ1) is 34.0. The second-order valence-electron chi connectivity index (χ2n) is 10.9. The predicted molar refractivity (Wildman–Crippen MR) is 166 cm³/mol. The van der Waals surface area contributed by atoms with Crippen molar-refractivity contribution >= 4 is 5.97 Å². The third kappa shape index (κ3) is 12.3. The molecule has 0 aliphatic rings. The SMILES string of the molecule is CCCCCCCCOc1ccc(COc2ccc(-c3ccc(C(=O)O[C@H](CCCCCC)C(F)(F)F)cc3)cc2)cc1. The maximum atomic E-state index is 13.4. The summed E-state index contributed by atoms with van der Waals surface area (Å²) in [5.74, 6) is 0.610. The topological polar surface area (TPSA) is 44.8 Å². The molecule has 234 valence electrons. The lowest BCUT2D eigenvalue weighted by molar-refractivity contribution is -0.206. The van der Waals surface area contributed by atoms with Crippen LogP contribution in [0.2, 0.25) is 0 Å². The summed E-state index contributed by atoms with van der Waals surface area (Å²) in [6.07, 6.45) is 3.33. The van der Waals surface area contributed by atoms with E-state index in [1.165, 1.54) is 44.2 Å². The summed E-state index contributed by atoms with van der Waals surface area (Å²) in [5, 5.41) is 0. The molecule has 0 radical (unpaired) electrons. The lowest BCUT2D eigenvalue weighted by atomic mass is 10.0. The second kappa shape index (κ2) is 18.2. The highest BCUT2D eigenvalue weighted by molar-refractivity contribution is 5.90. The normalized spacial score (nSPS) is 12.1. The molecule has 7 heteroatoms. The Balaban J connectivity index is 1.45. The third-order valence-electron chi connectivity index (χ3n) is 7.34. The minimum atomic E-state index is -4.59. The van der Waals surface area contributed by atoms with E-state index in [1.807, 2.05) is 55.5 Å². The summed E-state index contributed by atoms with van der Waals surface area (Å²) in [6, 6.07) is 21.9. The molecule has 0 N–H and O–H groups in total. The highest BCUT2D eigenvalue weighted by Gasteiger charge is 2.42. The third-order valence-corrected chi connectivity index (χ3v) is 7.34. The standard InChI is InChI=1S/C36H45F3O4/c1-3-5-7-9-10-12-26-41-32-22-14-28(15-23-32)27-42-33-24-20-30(21-25-33)29-16-18-31(19-17-29)35(40)43-34(36(37,38)39)13-11-8-6-4-2/h14-25,34H,3-13,26-27H2,1-2H3/t34-/m1/s1. The van der Waals surface area contributed by atoms with Crippen molar-refractivity contribution in [1.82, 2.24) is 0 Å². The van der Waals surface area contributed by atoms with Crippen LogP contribution in [-0.4, -0.2) is 24.9 Å². The van der Waals surface area contributed by atoms with E-state index >= 15 is 0 Å². The van der Waals surface area contributed by atoms with Crippen LogP contribution >= 0.6 is 0 Å². The monoisotopic (exact) mass is 598 g/mol. The van der Waals surface area contributed by atoms with E-state index in [-0.39, 0.29) is 12.0 Å². The zero-order valence-electron chi connectivity index (χ0n) is 25.5. The van der Waals surface area contributed by atoms with Crippen molar-refractivity contribution in [3.8, 4) is 22.6 Å². The summed E-state index contributed by atoms with van der Waals surface area (Å²) in [5.41, 5.74) is 2.84. The molecule has 0 fully saturated rings. The minimum Gasteiger partial charge on any atom is -0.494 e. The Morgan fingerprint density at radius 1 is 0.651 bits per heavy atom. The number of carbonyl (C=O) groups is 1. The summed E-state index contributed by atoms with van der Waals surface area (Å²) in [7, 11) is 0. The van der Waals surface area contributed by atoms with Crippen molar-refractivity contribution in [3.05, 3.63) is 83.9 Å². The lowest BCUT2D eigenvalue weighted by Crippen LogP contribution is -2.33. The first-order valence-corrected chi connectivity index (χ1v) is 15.6. The fourth-order valence-corrected chi connectivity index (χ4v) is 4.71. The van der Waals surface area contributed by atoms with Gasteiger partial charge in [0.25, 0.3) is 0 Å². The van der Waals surface area contributed by atoms with E-state index in [2.05, 4.69) is 6.92 Å². The Kier molecular flexibility index (Phi) is 14.4. The molecule has 0 heterocycles. The van der Waals surface area contributed by atoms with E-state index in [0.717, 1.165) is 48.3 Å². The Morgan fingerprint density at radius 2 is 1.16 bits per heavy atom. The number of carbonyl (C=O) groups excluding carboxylic acids is 1. The van der Waals surface area contributed by atoms with Gasteiger partial charge in [-0.15, -0.1) is 0 Å². The molecule has 43 heavy (non-hydrogen) atoms. The zero-order valence-corrected chi connectivity index (χ0v) is 25.5. The van der Waals surface area contributed by atoms with E-state index in [1.54, 1.807) is 12.1 Å². The molecule has 0 spiro atoms. The summed E-state index contributed by atoms with van der Waals surface area (Å²) < 4.78 is 56.8. The average Bonchev–Trinajstić information content (AvgIpc) is 3.01. The summed E-state index contributed by atoms with van der Waals surface area (Å²) in [4.78, 5) is 12.4. The highest BCUT2D eigenvalue weighted by atomic mass is 19.4. The zero-order chi connectivity index (χ0) is 30.9. The lowest BCUT2D eigenvalue weighted by Gasteiger charge is -2.20. The van der Waals surface area contributed by atoms with Crippen LogP contribution in [-0.2, 0) is 11.3 Å². The molecule has 1 atom stereocenters. The maximum absolute atomic E-state index is 13.4. The molecule has 0 aliphatic heterocycles. The number of hydrogen-bond donors (Lipinski definition) is 0. The predicted octanol–water partition coefficient (Wildman–Crippen LogP) is 10.7. The van der Waals surface area contributed by atoms with Crippen molar-refractivity contribution < 1.29 is 32.2 Å². The van der Waals surface area contributed by atoms with Crippen LogP contribution < -0.4 is 9.47 Å². The van der Waals surface area contributed by atoms with Gasteiger partial charge in [-0.05, 0) is 72.4 Å². The van der Waals surface area contributed by atoms with Crippen molar-refractivity contribution in [1.29, 1.82) is 0 Å². The number of halogens is 3. The molecule has 3 aromatic carbocycles. The molecule has 0 unspecified atom stereocenters. The van der Waals surface area contributed by atoms with Gasteiger partial charge in [0.2, 0.25) is 0 Å². The van der Waals surface area contributed by atoms with Crippen molar-refractivity contribution in [3.63, 3.8) is 0 Å². The van der Waals surface area contributed by atoms with E-state index < -0.39 is 18.2 Å². The van der Waals surface area contributed by atoms with Gasteiger partial charge in [-0.3, -0.25) is 0 Å². The molecule has 0 saturated heterocycles. The van der Waals surface area contributed by atoms with Gasteiger partial charge in [0, 0.05) is 0 Å². The number of esters is 1. The molecule has 0 amide bonds. The Bertz CT molecular complexity index is 1190. The molecule has 3 rings (SSSR count). The highest BCUT2D eigenvalue weighted by Crippen LogP contribution is 2.29. The van der Waals surface area contributed by atoms with E-state index in [4.69, 9.17) is 14.2 Å². The van der Waals surface area contributed by atoms with Crippen LogP contribution in [0.3, 0.4) is 0 Å². The number of ether oxygens (including phenoxy) is 3. The molecule has 0 aromatic heterocycles. The first-order valence-electron chi connectivity index (χ1n) is 15.6. The van der Waals surface area contributed by atoms with Gasteiger partial charge in [0.05, 0.1) is 12.2 Å². The van der Waals surface area contributed by atoms with Gasteiger partial charge < -0.3 is 14.2 Å². The quantitative estimate of drug-likeness (QED) is 0.102. The van der Waals surface area contributed by atoms with Gasteiger partial charge in [-0.1, -0.05) is 102 Å². The van der Waals surface area contributed by atoms with Crippen LogP contribution in [0, 0.1) is 0 Å². The number of alkyl halides is 3. The van der Waals surface area contributed by atoms with Crippen LogP contribution in [0.4, 0.5) is 13.2 Å². The Morgan fingerprint density at radius 3 is 1.77 bits per heavy atom. The van der Waals surface area contributed by atoms with Gasteiger partial charge in [-0.25, -0.2) is 4.79 Å². The molecule has 4 nitrogen and oxygen atoms in total. The minimum absolute atomic E-state index is 0.0883. The van der Waals surface area contributed by atoms with Gasteiger partial charge in [0.15, 0.2) is 6.10 Å². The Hall–Kier alpha value is -3.48. The summed E-state index contributed by atoms with van der Waals surface area (Å²) >= 11 is 0. The fraction of sp³-hybridized carbons (Fsp3) is 0.472. The molecular weight excluding hydrogens is 553 g/mol. The Labute approximate surface area is 254 Å². The number of unbranched alkanes of at least 4 members (excludes halogenated alkanes) is 8. The van der Waals surface area contributed by atoms with Crippen LogP contribution in [0.25, 0.3) is 11.1 Å². The van der Waals surface area contributed by atoms with Crippen LogP contribution in [0.1, 0.15) is 100 Å². The van der Waals surface area contributed by atoms with Gasteiger partial charge in [-0.2, -0.15) is 13.2 Å². The van der Waals surface area contributed by atoms with E-state index in [9.17, 15) is 18.0 Å². The summed E-state index contributed by atoms with van der Waals surface area (Å²) in [6.45, 7) is 5.37. The molecule has 3 aromatic rings. The van der Waals surface area contributed by atoms with Gasteiger partial charge >= 0.3 is 12.1 Å². The average molecular weight is 599 g/mol. The van der Waals surface area contributed by atoms with Crippen LogP contribution in [0.15, 0.2) is 72.8 Å². The number of benzene rings is 3. The van der Waals surface area contributed by atoms with E-state index in [0.29, 0.717) is 25.2 Å². The van der Waals surface area contributed by atoms with Crippen molar-refractivity contribution in [2.75, 3.05) is 6.61 Å². The maximum Gasteiger partial charge on any atom is 0.425 e. The molecule has 0 saturated carbocycles. The number of hydrogen-bond acceptors (Lipinski definition) is 4. The largest absolute Gasteiger partial charge is 0.494 e. The second-order valence-corrected chi connectivity index (χ2v) is 10.9. The van der Waals surface area contributed by atoms with Crippen LogP contribution in [0.5, 0.6) is 11.5 Å². The fourth-order valence-electron chi connectivity index (χ4n) is 4.71.